The number of rotatable bonds is 5. The lowest BCUT2D eigenvalue weighted by Gasteiger charge is -2.08. The lowest BCUT2D eigenvalue weighted by molar-refractivity contribution is -0.385. The van der Waals surface area contributed by atoms with Crippen LogP contribution in [-0.2, 0) is 6.54 Å². The van der Waals surface area contributed by atoms with Gasteiger partial charge in [-0.15, -0.1) is 0 Å². The third kappa shape index (κ3) is 3.69. The minimum absolute atomic E-state index is 0.00505. The molecule has 2 aromatic heterocycles. The predicted molar refractivity (Wildman–Crippen MR) is 90.4 cm³/mol. The van der Waals surface area contributed by atoms with Crippen LogP contribution in [0.1, 0.15) is 21.5 Å². The summed E-state index contributed by atoms with van der Waals surface area (Å²) >= 11 is 0. The first-order valence-corrected chi connectivity index (χ1v) is 7.53. The van der Waals surface area contributed by atoms with E-state index in [4.69, 9.17) is 0 Å². The van der Waals surface area contributed by atoms with E-state index in [0.717, 1.165) is 5.56 Å². The number of benzene rings is 1. The van der Waals surface area contributed by atoms with Gasteiger partial charge in [0.25, 0.3) is 11.6 Å². The van der Waals surface area contributed by atoms with Gasteiger partial charge in [-0.05, 0) is 42.8 Å². The summed E-state index contributed by atoms with van der Waals surface area (Å²) < 4.78 is 1.63. The molecule has 0 aliphatic heterocycles. The smallest absolute Gasteiger partial charge is 0.272 e. The standard InChI is InChI=1S/C17H15N5O3/c1-12-9-14(3-4-15(12)22(24)25)17(23)19-11-13-5-7-18-16(10-13)21-8-2-6-20-21/h2-10H,11H2,1H3,(H,19,23). The molecular formula is C17H15N5O3. The number of hydrogen-bond donors (Lipinski definition) is 1. The summed E-state index contributed by atoms with van der Waals surface area (Å²) in [5.41, 5.74) is 1.69. The molecule has 0 atom stereocenters. The summed E-state index contributed by atoms with van der Waals surface area (Å²) in [7, 11) is 0. The van der Waals surface area contributed by atoms with Gasteiger partial charge in [-0.2, -0.15) is 5.10 Å². The SMILES string of the molecule is Cc1cc(C(=O)NCc2ccnc(-n3cccn3)c2)ccc1[N+](=O)[O-]. The predicted octanol–water partition coefficient (Wildman–Crippen LogP) is 2.41. The number of carbonyl (C=O) groups excluding carboxylic acids is 1. The van der Waals surface area contributed by atoms with Crippen LogP contribution in [0.2, 0.25) is 0 Å². The number of nitro groups is 1. The number of aryl methyl sites for hydroxylation is 1. The van der Waals surface area contributed by atoms with Crippen molar-refractivity contribution in [1.82, 2.24) is 20.1 Å². The highest BCUT2D eigenvalue weighted by Gasteiger charge is 2.13. The Hall–Kier alpha value is -3.55. The van der Waals surface area contributed by atoms with Gasteiger partial charge < -0.3 is 5.32 Å². The minimum atomic E-state index is -0.467. The Labute approximate surface area is 143 Å². The van der Waals surface area contributed by atoms with Gasteiger partial charge in [0.05, 0.1) is 4.92 Å². The van der Waals surface area contributed by atoms with Crippen molar-refractivity contribution in [3.63, 3.8) is 0 Å². The monoisotopic (exact) mass is 337 g/mol. The number of nitro benzene ring substituents is 1. The number of carbonyl (C=O) groups is 1. The topological polar surface area (TPSA) is 103 Å². The summed E-state index contributed by atoms with van der Waals surface area (Å²) in [6, 6.07) is 9.72. The highest BCUT2D eigenvalue weighted by molar-refractivity contribution is 5.94. The zero-order valence-corrected chi connectivity index (χ0v) is 13.4. The van der Waals surface area contributed by atoms with Gasteiger partial charge in [-0.3, -0.25) is 14.9 Å². The van der Waals surface area contributed by atoms with Crippen LogP contribution in [0, 0.1) is 17.0 Å². The summed E-state index contributed by atoms with van der Waals surface area (Å²) in [5, 5.41) is 17.7. The van der Waals surface area contributed by atoms with Crippen molar-refractivity contribution in [2.24, 2.45) is 0 Å². The van der Waals surface area contributed by atoms with Gasteiger partial charge in [0, 0.05) is 42.3 Å². The zero-order valence-electron chi connectivity index (χ0n) is 13.4. The molecule has 1 amide bonds. The Balaban J connectivity index is 1.69. The molecule has 2 heterocycles. The van der Waals surface area contributed by atoms with Gasteiger partial charge in [-0.1, -0.05) is 0 Å². The Morgan fingerprint density at radius 2 is 2.12 bits per heavy atom. The number of aromatic nitrogens is 3. The second-order valence-electron chi connectivity index (χ2n) is 5.41. The van der Waals surface area contributed by atoms with E-state index >= 15 is 0 Å². The first-order valence-electron chi connectivity index (χ1n) is 7.53. The van der Waals surface area contributed by atoms with Crippen LogP contribution in [0.4, 0.5) is 5.69 Å². The van der Waals surface area contributed by atoms with Crippen LogP contribution in [0.5, 0.6) is 0 Å². The average molecular weight is 337 g/mol. The largest absolute Gasteiger partial charge is 0.348 e. The van der Waals surface area contributed by atoms with E-state index in [2.05, 4.69) is 15.4 Å². The maximum atomic E-state index is 12.3. The fraction of sp³-hybridized carbons (Fsp3) is 0.118. The third-order valence-corrected chi connectivity index (χ3v) is 3.66. The van der Waals surface area contributed by atoms with Crippen molar-refractivity contribution in [3.05, 3.63) is 81.8 Å². The molecule has 0 radical (unpaired) electrons. The maximum absolute atomic E-state index is 12.3. The van der Waals surface area contributed by atoms with E-state index in [-0.39, 0.29) is 11.6 Å². The van der Waals surface area contributed by atoms with Gasteiger partial charge in [0.1, 0.15) is 0 Å². The molecule has 0 aliphatic carbocycles. The lowest BCUT2D eigenvalue weighted by Crippen LogP contribution is -2.23. The van der Waals surface area contributed by atoms with E-state index in [1.165, 1.54) is 18.2 Å². The Morgan fingerprint density at radius 1 is 1.28 bits per heavy atom. The first-order chi connectivity index (χ1) is 12.0. The van der Waals surface area contributed by atoms with Crippen molar-refractivity contribution in [2.45, 2.75) is 13.5 Å². The molecular weight excluding hydrogens is 322 g/mol. The number of nitrogens with zero attached hydrogens (tertiary/aromatic N) is 4. The number of pyridine rings is 1. The average Bonchev–Trinajstić information content (AvgIpc) is 3.14. The van der Waals surface area contributed by atoms with Crippen molar-refractivity contribution in [2.75, 3.05) is 0 Å². The molecule has 8 nitrogen and oxygen atoms in total. The molecule has 126 valence electrons. The van der Waals surface area contributed by atoms with Crippen LogP contribution >= 0.6 is 0 Å². The van der Waals surface area contributed by atoms with Crippen molar-refractivity contribution < 1.29 is 9.72 Å². The van der Waals surface area contributed by atoms with Gasteiger partial charge in [0.2, 0.25) is 0 Å². The summed E-state index contributed by atoms with van der Waals surface area (Å²) in [6.45, 7) is 1.92. The Bertz CT molecular complexity index is 922. The number of hydrogen-bond acceptors (Lipinski definition) is 5. The molecule has 3 rings (SSSR count). The molecule has 0 spiro atoms. The van der Waals surface area contributed by atoms with Crippen LogP contribution in [0.15, 0.2) is 55.0 Å². The van der Waals surface area contributed by atoms with E-state index in [0.29, 0.717) is 23.5 Å². The van der Waals surface area contributed by atoms with E-state index in [9.17, 15) is 14.9 Å². The molecule has 0 saturated carbocycles. The van der Waals surface area contributed by atoms with Crippen LogP contribution < -0.4 is 5.32 Å². The lowest BCUT2D eigenvalue weighted by atomic mass is 10.1. The Kier molecular flexibility index (Phi) is 4.51. The van der Waals surface area contributed by atoms with Gasteiger partial charge in [-0.25, -0.2) is 9.67 Å². The van der Waals surface area contributed by atoms with Crippen molar-refractivity contribution >= 4 is 11.6 Å². The molecule has 0 aliphatic rings. The second-order valence-corrected chi connectivity index (χ2v) is 5.41. The van der Waals surface area contributed by atoms with Crippen molar-refractivity contribution in [3.8, 4) is 5.82 Å². The number of nitrogens with one attached hydrogen (secondary N) is 1. The summed E-state index contributed by atoms with van der Waals surface area (Å²) in [5.74, 6) is 0.360. The molecule has 0 fully saturated rings. The van der Waals surface area contributed by atoms with Crippen molar-refractivity contribution in [1.29, 1.82) is 0 Å². The van der Waals surface area contributed by atoms with E-state index in [1.807, 2.05) is 6.07 Å². The zero-order chi connectivity index (χ0) is 17.8. The minimum Gasteiger partial charge on any atom is -0.348 e. The second kappa shape index (κ2) is 6.91. The third-order valence-electron chi connectivity index (χ3n) is 3.66. The highest BCUT2D eigenvalue weighted by Crippen LogP contribution is 2.18. The van der Waals surface area contributed by atoms with Crippen LogP contribution in [0.25, 0.3) is 5.82 Å². The van der Waals surface area contributed by atoms with Gasteiger partial charge >= 0.3 is 0 Å². The highest BCUT2D eigenvalue weighted by atomic mass is 16.6. The molecule has 0 unspecified atom stereocenters. The molecule has 1 N–H and O–H groups in total. The first kappa shape index (κ1) is 16.3. The molecule has 8 heteroatoms. The van der Waals surface area contributed by atoms with E-state index in [1.54, 1.807) is 42.3 Å². The molecule has 25 heavy (non-hydrogen) atoms. The van der Waals surface area contributed by atoms with Crippen LogP contribution in [0.3, 0.4) is 0 Å². The normalized spacial score (nSPS) is 10.4. The fourth-order valence-electron chi connectivity index (χ4n) is 2.39. The summed E-state index contributed by atoms with van der Waals surface area (Å²) in [4.78, 5) is 26.8. The molecule has 0 bridgehead atoms. The van der Waals surface area contributed by atoms with Crippen LogP contribution in [-0.4, -0.2) is 25.6 Å². The summed E-state index contributed by atoms with van der Waals surface area (Å²) in [6.07, 6.45) is 5.09. The van der Waals surface area contributed by atoms with Gasteiger partial charge in [0.15, 0.2) is 5.82 Å². The fourth-order valence-corrected chi connectivity index (χ4v) is 2.39. The molecule has 0 saturated heterocycles. The quantitative estimate of drug-likeness (QED) is 0.569. The molecule has 3 aromatic rings. The Morgan fingerprint density at radius 3 is 2.80 bits per heavy atom. The molecule has 1 aromatic carbocycles. The number of amides is 1. The maximum Gasteiger partial charge on any atom is 0.272 e. The van der Waals surface area contributed by atoms with E-state index < -0.39 is 4.92 Å².